The standard InChI is InChI=1S/C17H15Cl2FN4O/c1-9-21-15(19)14-17(22-9)24(10-5-7-25-8-6-10)16(23-14)11-3-2-4-12(20)13(11)18/h2-4,10H,5-8H2,1H3. The molecule has 0 saturated carbocycles. The first kappa shape index (κ1) is 16.7. The van der Waals surface area contributed by atoms with Crippen LogP contribution in [0.1, 0.15) is 24.7 Å². The van der Waals surface area contributed by atoms with Gasteiger partial charge in [-0.15, -0.1) is 0 Å². The molecule has 130 valence electrons. The summed E-state index contributed by atoms with van der Waals surface area (Å²) in [5.74, 6) is 0.619. The van der Waals surface area contributed by atoms with E-state index in [1.54, 1.807) is 19.1 Å². The monoisotopic (exact) mass is 380 g/mol. The topological polar surface area (TPSA) is 52.8 Å². The molecule has 3 aromatic rings. The number of fused-ring (bicyclic) bond motifs is 1. The first-order chi connectivity index (χ1) is 12.1. The molecule has 0 N–H and O–H groups in total. The Morgan fingerprint density at radius 1 is 1.16 bits per heavy atom. The maximum Gasteiger partial charge on any atom is 0.165 e. The lowest BCUT2D eigenvalue weighted by molar-refractivity contribution is 0.0708. The minimum absolute atomic E-state index is 0.0342. The van der Waals surface area contributed by atoms with E-state index in [9.17, 15) is 4.39 Å². The van der Waals surface area contributed by atoms with Crippen LogP contribution in [0.25, 0.3) is 22.6 Å². The molecule has 1 aliphatic heterocycles. The van der Waals surface area contributed by atoms with E-state index in [-0.39, 0.29) is 16.2 Å². The van der Waals surface area contributed by atoms with Crippen LogP contribution in [-0.2, 0) is 4.74 Å². The second-order valence-corrected chi connectivity index (χ2v) is 6.72. The maximum atomic E-state index is 14.0. The van der Waals surface area contributed by atoms with E-state index in [2.05, 4.69) is 15.0 Å². The van der Waals surface area contributed by atoms with Crippen LogP contribution >= 0.6 is 23.2 Å². The van der Waals surface area contributed by atoms with Crippen molar-refractivity contribution in [2.24, 2.45) is 0 Å². The van der Waals surface area contributed by atoms with Crippen LogP contribution in [0.5, 0.6) is 0 Å². The zero-order valence-corrected chi connectivity index (χ0v) is 15.0. The van der Waals surface area contributed by atoms with Crippen LogP contribution in [0.2, 0.25) is 10.2 Å². The Bertz CT molecular complexity index is 953. The van der Waals surface area contributed by atoms with Crippen molar-refractivity contribution in [2.45, 2.75) is 25.8 Å². The number of nitrogens with zero attached hydrogens (tertiary/aromatic N) is 4. The Morgan fingerprint density at radius 2 is 1.92 bits per heavy atom. The van der Waals surface area contributed by atoms with Gasteiger partial charge in [0, 0.05) is 24.8 Å². The lowest BCUT2D eigenvalue weighted by Crippen LogP contribution is -2.20. The van der Waals surface area contributed by atoms with E-state index in [1.165, 1.54) is 6.07 Å². The third-order valence-corrected chi connectivity index (χ3v) is 5.01. The van der Waals surface area contributed by atoms with Crippen molar-refractivity contribution < 1.29 is 9.13 Å². The molecule has 1 fully saturated rings. The van der Waals surface area contributed by atoms with Crippen molar-refractivity contribution in [2.75, 3.05) is 13.2 Å². The van der Waals surface area contributed by atoms with Gasteiger partial charge in [0.2, 0.25) is 0 Å². The molecule has 4 rings (SSSR count). The van der Waals surface area contributed by atoms with Crippen molar-refractivity contribution in [1.82, 2.24) is 19.5 Å². The second-order valence-electron chi connectivity index (χ2n) is 5.98. The number of halogens is 3. The smallest absolute Gasteiger partial charge is 0.165 e. The summed E-state index contributed by atoms with van der Waals surface area (Å²) < 4.78 is 21.5. The Labute approximate surface area is 153 Å². The summed E-state index contributed by atoms with van der Waals surface area (Å²) in [6.07, 6.45) is 1.62. The molecule has 25 heavy (non-hydrogen) atoms. The van der Waals surface area contributed by atoms with Gasteiger partial charge < -0.3 is 9.30 Å². The summed E-state index contributed by atoms with van der Waals surface area (Å²) in [6.45, 7) is 3.08. The number of aromatic nitrogens is 4. The van der Waals surface area contributed by atoms with Gasteiger partial charge in [0.1, 0.15) is 23.0 Å². The molecule has 1 aliphatic rings. The van der Waals surface area contributed by atoms with E-state index in [0.717, 1.165) is 12.8 Å². The summed E-state index contributed by atoms with van der Waals surface area (Å²) in [5, 5.41) is 0.314. The fourth-order valence-electron chi connectivity index (χ4n) is 3.20. The van der Waals surface area contributed by atoms with Crippen LogP contribution in [0.3, 0.4) is 0 Å². The zero-order valence-electron chi connectivity index (χ0n) is 13.5. The third kappa shape index (κ3) is 2.88. The molecule has 5 nitrogen and oxygen atoms in total. The van der Waals surface area contributed by atoms with Crippen LogP contribution in [0.4, 0.5) is 4.39 Å². The van der Waals surface area contributed by atoms with Crippen LogP contribution < -0.4 is 0 Å². The minimum Gasteiger partial charge on any atom is -0.381 e. The summed E-state index contributed by atoms with van der Waals surface area (Å²) >= 11 is 12.5. The highest BCUT2D eigenvalue weighted by molar-refractivity contribution is 6.34. The lowest BCUT2D eigenvalue weighted by Gasteiger charge is -2.25. The predicted octanol–water partition coefficient (Wildman–Crippen LogP) is 4.60. The summed E-state index contributed by atoms with van der Waals surface area (Å²) in [5.41, 5.74) is 1.65. The second kappa shape index (κ2) is 6.52. The number of benzene rings is 1. The Balaban J connectivity index is 2.02. The molecule has 3 heterocycles. The van der Waals surface area contributed by atoms with Crippen molar-refractivity contribution in [3.05, 3.63) is 40.0 Å². The molecule has 2 aromatic heterocycles. The van der Waals surface area contributed by atoms with Crippen LogP contribution in [0.15, 0.2) is 18.2 Å². The van der Waals surface area contributed by atoms with E-state index in [1.807, 2.05) is 4.57 Å². The third-order valence-electron chi connectivity index (χ3n) is 4.36. The van der Waals surface area contributed by atoms with Gasteiger partial charge in [-0.3, -0.25) is 0 Å². The molecule has 1 aromatic carbocycles. The minimum atomic E-state index is -0.488. The zero-order chi connectivity index (χ0) is 17.6. The SMILES string of the molecule is Cc1nc(Cl)c2nc(-c3cccc(F)c3Cl)n(C3CCOCC3)c2n1. The first-order valence-electron chi connectivity index (χ1n) is 8.00. The van der Waals surface area contributed by atoms with E-state index in [0.29, 0.717) is 41.6 Å². The summed E-state index contributed by atoms with van der Waals surface area (Å²) in [6, 6.07) is 4.81. The fourth-order valence-corrected chi connectivity index (χ4v) is 3.66. The average Bonchev–Trinajstić information content (AvgIpc) is 2.97. The number of imidazole rings is 1. The van der Waals surface area contributed by atoms with E-state index >= 15 is 0 Å². The van der Waals surface area contributed by atoms with Gasteiger partial charge in [0.15, 0.2) is 10.8 Å². The van der Waals surface area contributed by atoms with Gasteiger partial charge >= 0.3 is 0 Å². The number of hydrogen-bond acceptors (Lipinski definition) is 4. The molecule has 0 amide bonds. The van der Waals surface area contributed by atoms with Crippen LogP contribution in [-0.4, -0.2) is 32.7 Å². The molecule has 0 atom stereocenters. The number of rotatable bonds is 2. The molecule has 0 spiro atoms. The first-order valence-corrected chi connectivity index (χ1v) is 8.76. The quantitative estimate of drug-likeness (QED) is 0.609. The maximum absolute atomic E-state index is 14.0. The van der Waals surface area contributed by atoms with Gasteiger partial charge in [-0.25, -0.2) is 19.3 Å². The molecule has 0 aliphatic carbocycles. The van der Waals surface area contributed by atoms with Crippen LogP contribution in [0, 0.1) is 12.7 Å². The Hall–Kier alpha value is -1.76. The number of hydrogen-bond donors (Lipinski definition) is 0. The van der Waals surface area contributed by atoms with Crippen molar-refractivity contribution in [1.29, 1.82) is 0 Å². The molecular formula is C17H15Cl2FN4O. The molecular weight excluding hydrogens is 366 g/mol. The summed E-state index contributed by atoms with van der Waals surface area (Å²) in [7, 11) is 0. The lowest BCUT2D eigenvalue weighted by atomic mass is 10.1. The van der Waals surface area contributed by atoms with Gasteiger partial charge in [0.25, 0.3) is 0 Å². The fraction of sp³-hybridized carbons (Fsp3) is 0.353. The Kier molecular flexibility index (Phi) is 4.35. The highest BCUT2D eigenvalue weighted by Gasteiger charge is 2.26. The molecule has 0 bridgehead atoms. The van der Waals surface area contributed by atoms with Gasteiger partial charge in [0.05, 0.1) is 5.02 Å². The highest BCUT2D eigenvalue weighted by atomic mass is 35.5. The van der Waals surface area contributed by atoms with Gasteiger partial charge in [-0.2, -0.15) is 0 Å². The number of ether oxygens (including phenoxy) is 1. The molecule has 0 radical (unpaired) electrons. The average molecular weight is 381 g/mol. The molecule has 8 heteroatoms. The van der Waals surface area contributed by atoms with Gasteiger partial charge in [-0.05, 0) is 31.9 Å². The van der Waals surface area contributed by atoms with E-state index in [4.69, 9.17) is 27.9 Å². The van der Waals surface area contributed by atoms with Crippen molar-refractivity contribution >= 4 is 34.4 Å². The molecule has 1 saturated heterocycles. The summed E-state index contributed by atoms with van der Waals surface area (Å²) in [4.78, 5) is 13.3. The highest BCUT2D eigenvalue weighted by Crippen LogP contribution is 2.37. The largest absolute Gasteiger partial charge is 0.381 e. The number of aryl methyl sites for hydroxylation is 1. The Morgan fingerprint density at radius 3 is 2.68 bits per heavy atom. The normalized spacial score (nSPS) is 15.8. The molecule has 0 unspecified atom stereocenters. The predicted molar refractivity (Wildman–Crippen MR) is 94.6 cm³/mol. The van der Waals surface area contributed by atoms with E-state index < -0.39 is 5.82 Å². The van der Waals surface area contributed by atoms with Crippen molar-refractivity contribution in [3.8, 4) is 11.4 Å². The van der Waals surface area contributed by atoms with Gasteiger partial charge in [-0.1, -0.05) is 29.3 Å². The van der Waals surface area contributed by atoms with Crippen molar-refractivity contribution in [3.63, 3.8) is 0 Å².